The molecule has 0 unspecified atom stereocenters. The Kier molecular flexibility index (Phi) is 4.98. The third-order valence-corrected chi connectivity index (χ3v) is 5.21. The van der Waals surface area contributed by atoms with Crippen LogP contribution in [-0.4, -0.2) is 28.3 Å². The fourth-order valence-electron chi connectivity index (χ4n) is 1.68. The van der Waals surface area contributed by atoms with Gasteiger partial charge >= 0.3 is 0 Å². The van der Waals surface area contributed by atoms with Gasteiger partial charge in [0.15, 0.2) is 11.5 Å². The lowest BCUT2D eigenvalue weighted by Gasteiger charge is -2.11. The summed E-state index contributed by atoms with van der Waals surface area (Å²) in [5.41, 5.74) is 0.552. The van der Waals surface area contributed by atoms with E-state index in [0.717, 1.165) is 11.3 Å². The largest absolute Gasteiger partial charge is 0.493 e. The smallest absolute Gasteiger partial charge is 0.291 e. The number of hydrogen-bond acceptors (Lipinski definition) is 5. The summed E-state index contributed by atoms with van der Waals surface area (Å²) in [4.78, 5) is 0. The Balaban J connectivity index is 2.37. The number of methoxy groups -OCH3 is 1. The number of sulfonamides is 1. The molecule has 0 amide bonds. The molecule has 0 saturated heterocycles. The Morgan fingerprint density at radius 1 is 1.29 bits per heavy atom. The van der Waals surface area contributed by atoms with Crippen molar-refractivity contribution in [1.82, 2.24) is 0 Å². The molecule has 0 fully saturated rings. The quantitative estimate of drug-likeness (QED) is 0.766. The van der Waals surface area contributed by atoms with E-state index in [0.29, 0.717) is 23.7 Å². The fraction of sp³-hybridized carbons (Fsp3) is 0.214. The van der Waals surface area contributed by atoms with Gasteiger partial charge in [0.1, 0.15) is 4.21 Å². The minimum Gasteiger partial charge on any atom is -0.493 e. The number of ether oxygens (including phenoxy) is 2. The predicted octanol–water partition coefficient (Wildman–Crippen LogP) is 2.96. The van der Waals surface area contributed by atoms with E-state index in [2.05, 4.69) is 4.40 Å². The molecular weight excluding hydrogens is 310 g/mol. The van der Waals surface area contributed by atoms with Crippen LogP contribution in [0.15, 0.2) is 44.3 Å². The second kappa shape index (κ2) is 6.73. The van der Waals surface area contributed by atoms with Crippen LogP contribution < -0.4 is 9.47 Å². The van der Waals surface area contributed by atoms with Crippen molar-refractivity contribution in [2.75, 3.05) is 13.7 Å². The van der Waals surface area contributed by atoms with Crippen LogP contribution in [0.5, 0.6) is 11.5 Å². The SMILES string of the molecule is CCOc1c(/C=N\S(=O)(=O)c2cccs2)cccc1OC. The molecule has 21 heavy (non-hydrogen) atoms. The Bertz CT molecular complexity index is 721. The van der Waals surface area contributed by atoms with Crippen molar-refractivity contribution in [3.8, 4) is 11.5 Å². The van der Waals surface area contributed by atoms with E-state index in [1.165, 1.54) is 19.4 Å². The van der Waals surface area contributed by atoms with E-state index in [4.69, 9.17) is 9.47 Å². The summed E-state index contributed by atoms with van der Waals surface area (Å²) in [6, 6.07) is 8.41. The van der Waals surface area contributed by atoms with E-state index >= 15 is 0 Å². The number of para-hydroxylation sites is 1. The number of thiophene rings is 1. The molecule has 2 aromatic rings. The lowest BCUT2D eigenvalue weighted by molar-refractivity contribution is 0.310. The Morgan fingerprint density at radius 3 is 2.71 bits per heavy atom. The molecule has 0 spiro atoms. The van der Waals surface area contributed by atoms with Gasteiger partial charge in [-0.2, -0.15) is 12.8 Å². The maximum absolute atomic E-state index is 12.0. The number of nitrogens with zero attached hydrogens (tertiary/aromatic N) is 1. The molecule has 0 N–H and O–H groups in total. The Morgan fingerprint density at radius 2 is 2.10 bits per heavy atom. The number of rotatable bonds is 6. The molecule has 112 valence electrons. The minimum atomic E-state index is -3.67. The van der Waals surface area contributed by atoms with E-state index in [1.54, 1.807) is 29.6 Å². The number of hydrogen-bond donors (Lipinski definition) is 0. The topological polar surface area (TPSA) is 65.0 Å². The fourth-order valence-corrected chi connectivity index (χ4v) is 3.52. The maximum Gasteiger partial charge on any atom is 0.291 e. The first-order valence-corrected chi connectivity index (χ1v) is 8.54. The highest BCUT2D eigenvalue weighted by Gasteiger charge is 2.14. The van der Waals surface area contributed by atoms with E-state index < -0.39 is 10.0 Å². The molecule has 0 saturated carbocycles. The van der Waals surface area contributed by atoms with E-state index in [-0.39, 0.29) is 4.21 Å². The van der Waals surface area contributed by atoms with Gasteiger partial charge in [0.2, 0.25) is 0 Å². The van der Waals surface area contributed by atoms with E-state index in [1.807, 2.05) is 6.92 Å². The zero-order valence-corrected chi connectivity index (χ0v) is 13.3. The first-order valence-electron chi connectivity index (χ1n) is 6.22. The molecule has 1 heterocycles. The molecule has 7 heteroatoms. The highest BCUT2D eigenvalue weighted by atomic mass is 32.2. The Hall–Kier alpha value is -1.86. The summed E-state index contributed by atoms with van der Waals surface area (Å²) in [6.45, 7) is 2.29. The average Bonchev–Trinajstić information content (AvgIpc) is 3.01. The van der Waals surface area contributed by atoms with Gasteiger partial charge in [-0.15, -0.1) is 11.3 Å². The van der Waals surface area contributed by atoms with Gasteiger partial charge in [-0.25, -0.2) is 0 Å². The van der Waals surface area contributed by atoms with Crippen LogP contribution in [0, 0.1) is 0 Å². The molecule has 1 aromatic heterocycles. The van der Waals surface area contributed by atoms with Gasteiger partial charge in [-0.1, -0.05) is 12.1 Å². The van der Waals surface area contributed by atoms with Crippen LogP contribution in [0.1, 0.15) is 12.5 Å². The van der Waals surface area contributed by atoms with Crippen LogP contribution in [0.2, 0.25) is 0 Å². The van der Waals surface area contributed by atoms with Crippen LogP contribution in [0.4, 0.5) is 0 Å². The molecule has 0 radical (unpaired) electrons. The van der Waals surface area contributed by atoms with Gasteiger partial charge in [-0.3, -0.25) is 0 Å². The van der Waals surface area contributed by atoms with Crippen molar-refractivity contribution in [2.45, 2.75) is 11.1 Å². The monoisotopic (exact) mass is 325 g/mol. The zero-order valence-electron chi connectivity index (χ0n) is 11.6. The van der Waals surface area contributed by atoms with Crippen molar-refractivity contribution in [3.05, 3.63) is 41.3 Å². The molecule has 0 aliphatic carbocycles. The first-order chi connectivity index (χ1) is 10.1. The average molecular weight is 325 g/mol. The van der Waals surface area contributed by atoms with Crippen molar-refractivity contribution in [2.24, 2.45) is 4.40 Å². The molecule has 0 bridgehead atoms. The van der Waals surface area contributed by atoms with Crippen molar-refractivity contribution < 1.29 is 17.9 Å². The highest BCUT2D eigenvalue weighted by molar-refractivity contribution is 7.92. The summed E-state index contributed by atoms with van der Waals surface area (Å²) in [5.74, 6) is 1.02. The molecule has 0 atom stereocenters. The predicted molar refractivity (Wildman–Crippen MR) is 83.3 cm³/mol. The third-order valence-electron chi connectivity index (χ3n) is 2.60. The van der Waals surface area contributed by atoms with Gasteiger partial charge in [0, 0.05) is 5.56 Å². The van der Waals surface area contributed by atoms with Crippen LogP contribution in [-0.2, 0) is 10.0 Å². The standard InChI is InChI=1S/C14H15NO4S2/c1-3-19-14-11(6-4-7-12(14)18-2)10-15-21(16,17)13-8-5-9-20-13/h4-10H,3H2,1-2H3/b15-10-. The first kappa shape index (κ1) is 15.5. The summed E-state index contributed by atoms with van der Waals surface area (Å²) >= 11 is 1.13. The lowest BCUT2D eigenvalue weighted by atomic mass is 10.2. The summed E-state index contributed by atoms with van der Waals surface area (Å²) in [5, 5.41) is 1.69. The molecule has 1 aromatic carbocycles. The molecular formula is C14H15NO4S2. The van der Waals surface area contributed by atoms with Crippen LogP contribution in [0.3, 0.4) is 0 Å². The van der Waals surface area contributed by atoms with Gasteiger partial charge in [0.25, 0.3) is 10.0 Å². The van der Waals surface area contributed by atoms with Crippen LogP contribution >= 0.6 is 11.3 Å². The summed E-state index contributed by atoms with van der Waals surface area (Å²) in [6.07, 6.45) is 1.28. The van der Waals surface area contributed by atoms with Gasteiger partial charge in [0.05, 0.1) is 19.9 Å². The lowest BCUT2D eigenvalue weighted by Crippen LogP contribution is -2.00. The zero-order chi connectivity index (χ0) is 15.3. The second-order valence-electron chi connectivity index (χ2n) is 3.95. The molecule has 2 rings (SSSR count). The third kappa shape index (κ3) is 3.62. The summed E-state index contributed by atoms with van der Waals surface area (Å²) < 4.78 is 38.7. The van der Waals surface area contributed by atoms with Crippen LogP contribution in [0.25, 0.3) is 0 Å². The summed E-state index contributed by atoms with van der Waals surface area (Å²) in [7, 11) is -2.15. The van der Waals surface area contributed by atoms with E-state index in [9.17, 15) is 8.42 Å². The van der Waals surface area contributed by atoms with Crippen molar-refractivity contribution in [3.63, 3.8) is 0 Å². The normalized spacial score (nSPS) is 11.7. The number of benzene rings is 1. The second-order valence-corrected chi connectivity index (χ2v) is 6.76. The van der Waals surface area contributed by atoms with Crippen molar-refractivity contribution >= 4 is 27.6 Å². The van der Waals surface area contributed by atoms with Gasteiger partial charge in [-0.05, 0) is 30.5 Å². The maximum atomic E-state index is 12.0. The molecule has 5 nitrogen and oxygen atoms in total. The van der Waals surface area contributed by atoms with Gasteiger partial charge < -0.3 is 9.47 Å². The van der Waals surface area contributed by atoms with Crippen molar-refractivity contribution in [1.29, 1.82) is 0 Å². The highest BCUT2D eigenvalue weighted by Crippen LogP contribution is 2.30. The molecule has 0 aliphatic heterocycles. The molecule has 0 aliphatic rings. The Labute approximate surface area is 127 Å². The minimum absolute atomic E-state index is 0.208.